The summed E-state index contributed by atoms with van der Waals surface area (Å²) in [6.07, 6.45) is 3.78. The van der Waals surface area contributed by atoms with E-state index in [9.17, 15) is 12.8 Å². The molecule has 0 amide bonds. The molecule has 1 unspecified atom stereocenters. The van der Waals surface area contributed by atoms with Crippen molar-refractivity contribution in [3.05, 3.63) is 35.6 Å². The lowest BCUT2D eigenvalue weighted by atomic mass is 9.96. The minimum atomic E-state index is -2.97. The van der Waals surface area contributed by atoms with E-state index >= 15 is 0 Å². The third-order valence-electron chi connectivity index (χ3n) is 4.48. The van der Waals surface area contributed by atoms with Crippen LogP contribution in [0.15, 0.2) is 29.3 Å². The van der Waals surface area contributed by atoms with Crippen LogP contribution in [0.5, 0.6) is 0 Å². The Labute approximate surface area is 150 Å². The number of nitrogens with zero attached hydrogens (tertiary/aromatic N) is 1. The first-order valence-corrected chi connectivity index (χ1v) is 10.8. The first-order chi connectivity index (χ1) is 11.7. The van der Waals surface area contributed by atoms with Crippen molar-refractivity contribution in [2.45, 2.75) is 44.6 Å². The molecule has 0 aromatic heterocycles. The first kappa shape index (κ1) is 19.7. The Hall–Kier alpha value is -1.63. The highest BCUT2D eigenvalue weighted by molar-refractivity contribution is 7.90. The summed E-state index contributed by atoms with van der Waals surface area (Å²) in [6, 6.07) is 6.75. The topological polar surface area (TPSA) is 70.6 Å². The van der Waals surface area contributed by atoms with Gasteiger partial charge in [0.25, 0.3) is 0 Å². The van der Waals surface area contributed by atoms with E-state index in [0.29, 0.717) is 18.9 Å². The molecule has 2 N–H and O–H groups in total. The number of sulfone groups is 1. The Kier molecular flexibility index (Phi) is 6.43. The minimum absolute atomic E-state index is 0.00292. The maximum Gasteiger partial charge on any atom is 0.191 e. The van der Waals surface area contributed by atoms with Crippen LogP contribution >= 0.6 is 0 Å². The van der Waals surface area contributed by atoms with Crippen LogP contribution < -0.4 is 10.6 Å². The van der Waals surface area contributed by atoms with E-state index in [1.807, 2.05) is 19.9 Å². The van der Waals surface area contributed by atoms with Gasteiger partial charge in [0.15, 0.2) is 5.96 Å². The Morgan fingerprint density at radius 2 is 2.12 bits per heavy atom. The molecule has 1 fully saturated rings. The van der Waals surface area contributed by atoms with Crippen molar-refractivity contribution in [3.63, 3.8) is 0 Å². The Balaban J connectivity index is 1.99. The summed E-state index contributed by atoms with van der Waals surface area (Å²) in [7, 11) is -2.97. The number of rotatable bonds is 8. The van der Waals surface area contributed by atoms with Gasteiger partial charge in [-0.05, 0) is 50.8 Å². The summed E-state index contributed by atoms with van der Waals surface area (Å²) >= 11 is 0. The second kappa shape index (κ2) is 8.17. The molecular formula is C18H28FN3O2S. The fraction of sp³-hybridized carbons (Fsp3) is 0.611. The zero-order valence-corrected chi connectivity index (χ0v) is 16.0. The summed E-state index contributed by atoms with van der Waals surface area (Å²) in [6.45, 7) is 5.23. The molecule has 25 heavy (non-hydrogen) atoms. The fourth-order valence-electron chi connectivity index (χ4n) is 2.75. The van der Waals surface area contributed by atoms with Crippen LogP contribution in [0.3, 0.4) is 0 Å². The van der Waals surface area contributed by atoms with Crippen LogP contribution in [0.25, 0.3) is 0 Å². The van der Waals surface area contributed by atoms with Gasteiger partial charge in [-0.3, -0.25) is 4.99 Å². The average Bonchev–Trinajstić information content (AvgIpc) is 3.32. The third-order valence-corrected chi connectivity index (χ3v) is 5.46. The molecule has 0 saturated heterocycles. The smallest absolute Gasteiger partial charge is 0.191 e. The van der Waals surface area contributed by atoms with E-state index in [0.717, 1.165) is 24.9 Å². The van der Waals surface area contributed by atoms with E-state index in [2.05, 4.69) is 15.6 Å². The molecule has 1 aliphatic rings. The van der Waals surface area contributed by atoms with Crippen LogP contribution in [-0.4, -0.2) is 45.5 Å². The van der Waals surface area contributed by atoms with Gasteiger partial charge in [-0.1, -0.05) is 12.1 Å². The highest BCUT2D eigenvalue weighted by atomic mass is 32.2. The van der Waals surface area contributed by atoms with E-state index in [-0.39, 0.29) is 23.0 Å². The van der Waals surface area contributed by atoms with Crippen molar-refractivity contribution >= 4 is 15.8 Å². The lowest BCUT2D eigenvalue weighted by molar-refractivity contribution is 0.580. The molecule has 7 heteroatoms. The summed E-state index contributed by atoms with van der Waals surface area (Å²) in [5, 5.41) is 6.44. The number of benzene rings is 1. The second-order valence-corrected chi connectivity index (χ2v) is 9.21. The molecule has 5 nitrogen and oxygen atoms in total. The lowest BCUT2D eigenvalue weighted by Gasteiger charge is -2.19. The first-order valence-electron chi connectivity index (χ1n) is 8.73. The number of aliphatic imine (C=N–C) groups is 1. The molecule has 1 aromatic rings. The lowest BCUT2D eigenvalue weighted by Crippen LogP contribution is -2.43. The molecule has 1 aromatic carbocycles. The number of halogens is 1. The minimum Gasteiger partial charge on any atom is -0.357 e. The summed E-state index contributed by atoms with van der Waals surface area (Å²) in [4.78, 5) is 4.66. The molecule has 1 saturated carbocycles. The molecule has 1 atom stereocenters. The Morgan fingerprint density at radius 1 is 1.40 bits per heavy atom. The monoisotopic (exact) mass is 369 g/mol. The zero-order chi connectivity index (χ0) is 18.5. The summed E-state index contributed by atoms with van der Waals surface area (Å²) < 4.78 is 36.1. The number of guanidine groups is 1. The zero-order valence-electron chi connectivity index (χ0n) is 15.2. The predicted octanol–water partition coefficient (Wildman–Crippen LogP) is 2.24. The molecule has 140 valence electrons. The third kappa shape index (κ3) is 6.30. The van der Waals surface area contributed by atoms with Gasteiger partial charge in [-0.15, -0.1) is 0 Å². The van der Waals surface area contributed by atoms with Gasteiger partial charge in [0.1, 0.15) is 15.7 Å². The Bertz CT molecular complexity index is 715. The van der Waals surface area contributed by atoms with Crippen molar-refractivity contribution in [1.29, 1.82) is 0 Å². The second-order valence-electron chi connectivity index (χ2n) is 6.95. The molecule has 0 bridgehead atoms. The van der Waals surface area contributed by atoms with E-state index < -0.39 is 9.84 Å². The van der Waals surface area contributed by atoms with Gasteiger partial charge in [-0.2, -0.15) is 0 Å². The van der Waals surface area contributed by atoms with Crippen molar-refractivity contribution in [2.75, 3.05) is 25.1 Å². The molecule has 0 aliphatic heterocycles. The normalized spacial score (nSPS) is 17.8. The highest BCUT2D eigenvalue weighted by Gasteiger charge is 2.44. The SMILES string of the molecule is CCNC(=NCC1(c2cccc(F)c2)CC1)NC(C)CCS(C)(=O)=O. The molecule has 2 rings (SSSR count). The van der Waals surface area contributed by atoms with Gasteiger partial charge in [0.2, 0.25) is 0 Å². The van der Waals surface area contributed by atoms with Crippen LogP contribution in [0, 0.1) is 5.82 Å². The summed E-state index contributed by atoms with van der Waals surface area (Å²) in [5.74, 6) is 0.603. The number of nitrogens with one attached hydrogen (secondary N) is 2. The van der Waals surface area contributed by atoms with Gasteiger partial charge in [0, 0.05) is 24.3 Å². The van der Waals surface area contributed by atoms with Crippen molar-refractivity contribution in [3.8, 4) is 0 Å². The number of hydrogen-bond donors (Lipinski definition) is 2. The molecule has 0 radical (unpaired) electrons. The van der Waals surface area contributed by atoms with E-state index in [4.69, 9.17) is 0 Å². The van der Waals surface area contributed by atoms with Crippen LogP contribution in [0.2, 0.25) is 0 Å². The van der Waals surface area contributed by atoms with Crippen molar-refractivity contribution in [1.82, 2.24) is 10.6 Å². The standard InChI is InChI=1S/C18H28FN3O2S/c1-4-20-17(22-14(2)8-11-25(3,23)24)21-13-18(9-10-18)15-6-5-7-16(19)12-15/h5-7,12,14H,4,8-11,13H2,1-3H3,(H2,20,21,22). The van der Waals surface area contributed by atoms with Gasteiger partial charge < -0.3 is 10.6 Å². The van der Waals surface area contributed by atoms with E-state index in [1.165, 1.54) is 12.3 Å². The van der Waals surface area contributed by atoms with Crippen LogP contribution in [-0.2, 0) is 15.3 Å². The predicted molar refractivity (Wildman–Crippen MR) is 100 cm³/mol. The molecule has 1 aliphatic carbocycles. The van der Waals surface area contributed by atoms with E-state index in [1.54, 1.807) is 12.1 Å². The molecular weight excluding hydrogens is 341 g/mol. The van der Waals surface area contributed by atoms with Crippen molar-refractivity contribution < 1.29 is 12.8 Å². The molecule has 0 spiro atoms. The Morgan fingerprint density at radius 3 is 2.68 bits per heavy atom. The van der Waals surface area contributed by atoms with Crippen LogP contribution in [0.1, 0.15) is 38.7 Å². The fourth-order valence-corrected chi connectivity index (χ4v) is 3.54. The molecule has 0 heterocycles. The highest BCUT2D eigenvalue weighted by Crippen LogP contribution is 2.48. The van der Waals surface area contributed by atoms with Crippen molar-refractivity contribution in [2.24, 2.45) is 4.99 Å². The quantitative estimate of drug-likeness (QED) is 0.545. The summed E-state index contributed by atoms with van der Waals surface area (Å²) in [5.41, 5.74) is 0.928. The van der Waals surface area contributed by atoms with Gasteiger partial charge in [-0.25, -0.2) is 12.8 Å². The maximum atomic E-state index is 13.5. The maximum absolute atomic E-state index is 13.5. The van der Waals surface area contributed by atoms with Crippen LogP contribution in [0.4, 0.5) is 4.39 Å². The largest absolute Gasteiger partial charge is 0.357 e. The van der Waals surface area contributed by atoms with Gasteiger partial charge in [0.05, 0.1) is 12.3 Å². The van der Waals surface area contributed by atoms with Gasteiger partial charge >= 0.3 is 0 Å². The average molecular weight is 370 g/mol. The number of hydrogen-bond acceptors (Lipinski definition) is 3.